The van der Waals surface area contributed by atoms with Gasteiger partial charge >= 0.3 is 0 Å². The highest BCUT2D eigenvalue weighted by Gasteiger charge is 2.53. The second-order valence-corrected chi connectivity index (χ2v) is 5.13. The molecule has 1 aliphatic rings. The van der Waals surface area contributed by atoms with E-state index >= 15 is 0 Å². The first kappa shape index (κ1) is 13.4. The molecule has 2 N–H and O–H groups in total. The van der Waals surface area contributed by atoms with Gasteiger partial charge in [0.2, 0.25) is 0 Å². The predicted octanol–water partition coefficient (Wildman–Crippen LogP) is 3.83. The van der Waals surface area contributed by atoms with E-state index in [0.29, 0.717) is 12.8 Å². The molecule has 1 saturated carbocycles. The minimum atomic E-state index is -2.99. The van der Waals surface area contributed by atoms with Gasteiger partial charge in [-0.05, 0) is 25.0 Å². The summed E-state index contributed by atoms with van der Waals surface area (Å²) >= 11 is 0. The van der Waals surface area contributed by atoms with Gasteiger partial charge in [-0.1, -0.05) is 31.4 Å². The van der Waals surface area contributed by atoms with Gasteiger partial charge in [0.05, 0.1) is 5.41 Å². The molecule has 4 heteroatoms. The van der Waals surface area contributed by atoms with Crippen molar-refractivity contribution in [3.63, 3.8) is 0 Å². The van der Waals surface area contributed by atoms with Crippen molar-refractivity contribution < 1.29 is 13.2 Å². The van der Waals surface area contributed by atoms with Crippen LogP contribution in [-0.4, -0.2) is 6.54 Å². The molecule has 1 nitrogen and oxygen atoms in total. The molecule has 1 aromatic carbocycles. The summed E-state index contributed by atoms with van der Waals surface area (Å²) in [7, 11) is 0. The smallest absolute Gasteiger partial charge is 0.279 e. The summed E-state index contributed by atoms with van der Waals surface area (Å²) in [5, 5.41) is 0. The molecule has 0 unspecified atom stereocenters. The van der Waals surface area contributed by atoms with Gasteiger partial charge in [-0.25, -0.2) is 13.2 Å². The Bertz CT molecular complexity index is 394. The van der Waals surface area contributed by atoms with Crippen LogP contribution < -0.4 is 5.73 Å². The molecule has 0 bridgehead atoms. The lowest BCUT2D eigenvalue weighted by Crippen LogP contribution is -2.46. The third-order valence-electron chi connectivity index (χ3n) is 4.07. The van der Waals surface area contributed by atoms with Crippen molar-refractivity contribution in [2.24, 2.45) is 11.1 Å². The number of benzene rings is 1. The van der Waals surface area contributed by atoms with Crippen molar-refractivity contribution in [1.82, 2.24) is 0 Å². The highest BCUT2D eigenvalue weighted by atomic mass is 19.3. The van der Waals surface area contributed by atoms with E-state index < -0.39 is 17.2 Å². The second kappa shape index (κ2) is 4.92. The lowest BCUT2D eigenvalue weighted by Gasteiger charge is -2.42. The summed E-state index contributed by atoms with van der Waals surface area (Å²) in [4.78, 5) is 0. The Morgan fingerprint density at radius 3 is 2.11 bits per heavy atom. The summed E-state index contributed by atoms with van der Waals surface area (Å²) in [5.41, 5.74) is 4.35. The van der Waals surface area contributed by atoms with Crippen molar-refractivity contribution in [2.45, 2.75) is 38.0 Å². The molecule has 0 spiro atoms. The van der Waals surface area contributed by atoms with Gasteiger partial charge < -0.3 is 5.73 Å². The maximum atomic E-state index is 14.6. The van der Waals surface area contributed by atoms with Crippen molar-refractivity contribution in [3.8, 4) is 0 Å². The predicted molar refractivity (Wildman–Crippen MR) is 64.9 cm³/mol. The monoisotopic (exact) mass is 257 g/mol. The largest absolute Gasteiger partial charge is 0.330 e. The van der Waals surface area contributed by atoms with E-state index in [1.807, 2.05) is 0 Å². The molecule has 1 fully saturated rings. The first-order valence-corrected chi connectivity index (χ1v) is 6.36. The van der Waals surface area contributed by atoms with Gasteiger partial charge in [0.1, 0.15) is 5.82 Å². The van der Waals surface area contributed by atoms with Gasteiger partial charge in [0.25, 0.3) is 5.92 Å². The number of hydrogen-bond donors (Lipinski definition) is 1. The van der Waals surface area contributed by atoms with E-state index in [9.17, 15) is 13.2 Å². The Morgan fingerprint density at radius 2 is 1.61 bits per heavy atom. The first-order valence-electron chi connectivity index (χ1n) is 6.36. The number of rotatable bonds is 3. The third kappa shape index (κ3) is 2.14. The van der Waals surface area contributed by atoms with Crippen LogP contribution in [0.3, 0.4) is 0 Å². The van der Waals surface area contributed by atoms with Gasteiger partial charge in [0, 0.05) is 12.1 Å². The molecule has 1 aliphatic carbocycles. The van der Waals surface area contributed by atoms with Gasteiger partial charge in [-0.15, -0.1) is 0 Å². The number of alkyl halides is 2. The maximum absolute atomic E-state index is 14.6. The van der Waals surface area contributed by atoms with Gasteiger partial charge in [0.15, 0.2) is 0 Å². The van der Waals surface area contributed by atoms with E-state index in [1.165, 1.54) is 12.1 Å². The molecular weight excluding hydrogens is 239 g/mol. The van der Waals surface area contributed by atoms with E-state index in [1.54, 1.807) is 0 Å². The molecule has 0 amide bonds. The third-order valence-corrected chi connectivity index (χ3v) is 4.07. The number of halogens is 3. The summed E-state index contributed by atoms with van der Waals surface area (Å²) in [5.74, 6) is -3.49. The zero-order valence-electron chi connectivity index (χ0n) is 10.3. The average Bonchev–Trinajstić information content (AvgIpc) is 2.40. The number of nitrogens with two attached hydrogens (primary N) is 1. The van der Waals surface area contributed by atoms with E-state index in [4.69, 9.17) is 5.73 Å². The number of hydrogen-bond acceptors (Lipinski definition) is 1. The fraction of sp³-hybridized carbons (Fsp3) is 0.571. The van der Waals surface area contributed by atoms with Crippen LogP contribution in [0.2, 0.25) is 0 Å². The van der Waals surface area contributed by atoms with Crippen LogP contribution in [-0.2, 0) is 5.92 Å². The van der Waals surface area contributed by atoms with Crippen LogP contribution in [0.15, 0.2) is 24.3 Å². The zero-order valence-corrected chi connectivity index (χ0v) is 10.3. The Hall–Kier alpha value is -1.03. The quantitative estimate of drug-likeness (QED) is 0.875. The van der Waals surface area contributed by atoms with Crippen molar-refractivity contribution in [2.75, 3.05) is 6.54 Å². The van der Waals surface area contributed by atoms with E-state index in [-0.39, 0.29) is 12.1 Å². The highest BCUT2D eigenvalue weighted by molar-refractivity contribution is 5.24. The Kier molecular flexibility index (Phi) is 3.66. The minimum absolute atomic E-state index is 0.0304. The van der Waals surface area contributed by atoms with Crippen molar-refractivity contribution in [3.05, 3.63) is 35.6 Å². The van der Waals surface area contributed by atoms with Crippen LogP contribution >= 0.6 is 0 Å². The molecule has 0 saturated heterocycles. The summed E-state index contributed by atoms with van der Waals surface area (Å²) in [6, 6.07) is 4.50. The van der Waals surface area contributed by atoms with Crippen molar-refractivity contribution >= 4 is 0 Å². The zero-order chi connectivity index (χ0) is 13.2. The molecule has 0 aliphatic heterocycles. The Balaban J connectivity index is 2.35. The molecule has 0 aromatic heterocycles. The van der Waals surface area contributed by atoms with Crippen molar-refractivity contribution in [1.29, 1.82) is 0 Å². The molecule has 0 atom stereocenters. The molecular formula is C14H18F3N. The standard InChI is InChI=1S/C14H18F3N/c15-12-6-4-11(5-7-12)14(16,17)13(10-18)8-2-1-3-9-13/h4-7H,1-3,8-10,18H2. The Morgan fingerprint density at radius 1 is 1.06 bits per heavy atom. The molecule has 0 radical (unpaired) electrons. The van der Waals surface area contributed by atoms with Crippen LogP contribution in [0, 0.1) is 11.2 Å². The molecule has 0 heterocycles. The highest BCUT2D eigenvalue weighted by Crippen LogP contribution is 2.52. The van der Waals surface area contributed by atoms with Crippen LogP contribution in [0.5, 0.6) is 0 Å². The lowest BCUT2D eigenvalue weighted by atomic mass is 9.68. The summed E-state index contributed by atoms with van der Waals surface area (Å²) < 4.78 is 42.1. The molecule has 2 rings (SSSR count). The maximum Gasteiger partial charge on any atom is 0.279 e. The minimum Gasteiger partial charge on any atom is -0.330 e. The molecule has 1 aromatic rings. The van der Waals surface area contributed by atoms with Crippen LogP contribution in [0.1, 0.15) is 37.7 Å². The topological polar surface area (TPSA) is 26.0 Å². The molecule has 100 valence electrons. The fourth-order valence-electron chi connectivity index (χ4n) is 2.84. The normalized spacial score (nSPS) is 19.8. The molecule has 18 heavy (non-hydrogen) atoms. The average molecular weight is 257 g/mol. The summed E-state index contributed by atoms with van der Waals surface area (Å²) in [6.07, 6.45) is 3.44. The van der Waals surface area contributed by atoms with E-state index in [2.05, 4.69) is 0 Å². The van der Waals surface area contributed by atoms with E-state index in [0.717, 1.165) is 31.4 Å². The first-order chi connectivity index (χ1) is 8.52. The fourth-order valence-corrected chi connectivity index (χ4v) is 2.84. The lowest BCUT2D eigenvalue weighted by molar-refractivity contribution is -0.142. The van der Waals surface area contributed by atoms with Crippen LogP contribution in [0.25, 0.3) is 0 Å². The summed E-state index contributed by atoms with van der Waals surface area (Å²) in [6.45, 7) is -0.0304. The van der Waals surface area contributed by atoms with Gasteiger partial charge in [-0.3, -0.25) is 0 Å². The SMILES string of the molecule is NCC1(C(F)(F)c2ccc(F)cc2)CCCCC1. The Labute approximate surface area is 105 Å². The van der Waals surface area contributed by atoms with Gasteiger partial charge in [-0.2, -0.15) is 0 Å². The second-order valence-electron chi connectivity index (χ2n) is 5.13. The van der Waals surface area contributed by atoms with Crippen LogP contribution in [0.4, 0.5) is 13.2 Å².